The highest BCUT2D eigenvalue weighted by Crippen LogP contribution is 2.36. The van der Waals surface area contributed by atoms with Gasteiger partial charge in [0.15, 0.2) is 6.61 Å². The van der Waals surface area contributed by atoms with E-state index >= 15 is 0 Å². The lowest BCUT2D eigenvalue weighted by Gasteiger charge is -2.33. The van der Waals surface area contributed by atoms with Gasteiger partial charge in [-0.25, -0.2) is 4.98 Å². The molecule has 1 aliphatic heterocycles. The monoisotopic (exact) mass is 344 g/mol. The molecule has 1 aliphatic rings. The highest BCUT2D eigenvalue weighted by Gasteiger charge is 2.28. The average Bonchev–Trinajstić information content (AvgIpc) is 3.05. The third-order valence-electron chi connectivity index (χ3n) is 3.71. The maximum absolute atomic E-state index is 6.46. The fourth-order valence-corrected chi connectivity index (χ4v) is 2.77. The van der Waals surface area contributed by atoms with E-state index in [1.54, 1.807) is 0 Å². The second kappa shape index (κ2) is 6.54. The first-order chi connectivity index (χ1) is 11.5. The van der Waals surface area contributed by atoms with Crippen LogP contribution in [-0.4, -0.2) is 32.8 Å². The molecule has 0 amide bonds. The van der Waals surface area contributed by atoms with Gasteiger partial charge in [0.2, 0.25) is 5.84 Å². The minimum Gasteiger partial charge on any atom is -0.488 e. The largest absolute Gasteiger partial charge is 0.488 e. The van der Waals surface area contributed by atoms with Gasteiger partial charge >= 0.3 is 0 Å². The van der Waals surface area contributed by atoms with Crippen LogP contribution in [-0.2, 0) is 11.3 Å². The summed E-state index contributed by atoms with van der Waals surface area (Å²) in [6, 6.07) is 3.76. The number of hydrogen-bond donors (Lipinski definition) is 0. The van der Waals surface area contributed by atoms with Crippen molar-refractivity contribution >= 4 is 17.4 Å². The molecule has 0 saturated heterocycles. The predicted molar refractivity (Wildman–Crippen MR) is 91.2 cm³/mol. The van der Waals surface area contributed by atoms with Crippen LogP contribution < -0.4 is 4.74 Å². The molecule has 0 spiro atoms. The van der Waals surface area contributed by atoms with E-state index in [1.807, 2.05) is 12.1 Å². The zero-order valence-electron chi connectivity index (χ0n) is 13.5. The Bertz CT molecular complexity index is 807. The van der Waals surface area contributed by atoms with Gasteiger partial charge in [-0.3, -0.25) is 0 Å². The molecule has 0 atom stereocenters. The van der Waals surface area contributed by atoms with E-state index in [4.69, 9.17) is 27.6 Å². The quantitative estimate of drug-likeness (QED) is 0.282. The Morgan fingerprint density at radius 3 is 3.08 bits per heavy atom. The normalized spacial score (nSPS) is 16.0. The smallest absolute Gasteiger partial charge is 0.203 e. The lowest BCUT2D eigenvalue weighted by molar-refractivity contribution is 0.0847. The van der Waals surface area contributed by atoms with Crippen LogP contribution in [0.5, 0.6) is 5.75 Å². The Morgan fingerprint density at radius 1 is 1.54 bits per heavy atom. The molecule has 7 heteroatoms. The summed E-state index contributed by atoms with van der Waals surface area (Å²) in [4.78, 5) is 9.06. The molecule has 2 aromatic rings. The zero-order chi connectivity index (χ0) is 17.2. The molecule has 1 aromatic carbocycles. The molecule has 3 rings (SSSR count). The van der Waals surface area contributed by atoms with Crippen LogP contribution in [0.1, 0.15) is 31.4 Å². The summed E-state index contributed by atoms with van der Waals surface area (Å²) in [5.41, 5.74) is 1.49. The summed E-state index contributed by atoms with van der Waals surface area (Å²) in [7, 11) is 0. The molecule has 0 N–H and O–H groups in total. The Labute approximate surface area is 145 Å². The maximum atomic E-state index is 6.46. The van der Waals surface area contributed by atoms with E-state index in [9.17, 15) is 0 Å². The number of oxime groups is 1. The number of nitrogens with zero attached hydrogens (tertiary/aromatic N) is 4. The topological polar surface area (TPSA) is 61.5 Å². The number of ether oxygens (including phenoxy) is 1. The molecule has 0 bridgehead atoms. The van der Waals surface area contributed by atoms with Gasteiger partial charge < -0.3 is 9.57 Å². The number of benzene rings is 1. The van der Waals surface area contributed by atoms with Gasteiger partial charge in [0, 0.05) is 5.56 Å². The minimum atomic E-state index is -0.220. The van der Waals surface area contributed by atoms with Crippen LogP contribution in [0.4, 0.5) is 0 Å². The fourth-order valence-electron chi connectivity index (χ4n) is 2.50. The molecule has 124 valence electrons. The number of rotatable bonds is 3. The average molecular weight is 345 g/mol. The van der Waals surface area contributed by atoms with Crippen LogP contribution in [0.2, 0.25) is 5.02 Å². The van der Waals surface area contributed by atoms with Crippen molar-refractivity contribution < 1.29 is 9.57 Å². The maximum Gasteiger partial charge on any atom is 0.203 e. The summed E-state index contributed by atoms with van der Waals surface area (Å²) >= 11 is 6.46. The molecule has 0 fully saturated rings. The van der Waals surface area contributed by atoms with Crippen molar-refractivity contribution in [3.63, 3.8) is 0 Å². The van der Waals surface area contributed by atoms with Gasteiger partial charge in [-0.05, 0) is 44.4 Å². The van der Waals surface area contributed by atoms with Crippen LogP contribution in [0.3, 0.4) is 0 Å². The third-order valence-corrected chi connectivity index (χ3v) is 4.02. The number of halogens is 1. The van der Waals surface area contributed by atoms with E-state index in [0.717, 1.165) is 24.2 Å². The first kappa shape index (κ1) is 16.3. The number of aryl methyl sites for hydroxylation is 1. The lowest BCUT2D eigenvalue weighted by atomic mass is 9.93. The van der Waals surface area contributed by atoms with E-state index in [2.05, 4.69) is 35.0 Å². The van der Waals surface area contributed by atoms with Crippen molar-refractivity contribution in [3.8, 4) is 18.1 Å². The Balaban J connectivity index is 2.05. The van der Waals surface area contributed by atoms with E-state index in [1.165, 1.54) is 17.3 Å². The molecule has 1 aromatic heterocycles. The number of hydrogen-bond acceptors (Lipinski definition) is 5. The first-order valence-corrected chi connectivity index (χ1v) is 7.88. The van der Waals surface area contributed by atoms with Gasteiger partial charge in [0.05, 0.1) is 5.02 Å². The molecule has 2 heterocycles. The highest BCUT2D eigenvalue weighted by molar-refractivity contribution is 6.34. The summed E-state index contributed by atoms with van der Waals surface area (Å²) in [5.74, 6) is 3.54. The molecule has 0 radical (unpaired) electrons. The summed E-state index contributed by atoms with van der Waals surface area (Å²) in [5, 5.41) is 8.70. The van der Waals surface area contributed by atoms with Crippen LogP contribution >= 0.6 is 11.6 Å². The highest BCUT2D eigenvalue weighted by atomic mass is 35.5. The Kier molecular flexibility index (Phi) is 4.45. The molecule has 6 nitrogen and oxygen atoms in total. The molecule has 24 heavy (non-hydrogen) atoms. The predicted octanol–water partition coefficient (Wildman–Crippen LogP) is 2.89. The number of terminal acetylenes is 1. The van der Waals surface area contributed by atoms with Crippen LogP contribution in [0.15, 0.2) is 29.9 Å². The zero-order valence-corrected chi connectivity index (χ0v) is 14.2. The number of fused-ring (bicyclic) bond motifs is 1. The standard InChI is InChI=1S/C17H17ClN4O2/c1-4-7-23-21-16(22-11-19-10-20-22)13-9-15-12(8-14(13)18)5-6-17(2,3)24-15/h1,8-11H,5-7H2,2-3H3/b21-16-. The SMILES string of the molecule is C#CCO/N=C(/c1cc2c(cc1Cl)CCC(C)(C)O2)n1cncn1. The van der Waals surface area contributed by atoms with Crippen molar-refractivity contribution in [2.75, 3.05) is 6.61 Å². The number of aromatic nitrogens is 3. The first-order valence-electron chi connectivity index (χ1n) is 7.50. The molecule has 0 saturated carbocycles. The van der Waals surface area contributed by atoms with Gasteiger partial charge in [-0.15, -0.1) is 6.42 Å². The Morgan fingerprint density at radius 2 is 2.38 bits per heavy atom. The fraction of sp³-hybridized carbons (Fsp3) is 0.353. The van der Waals surface area contributed by atoms with E-state index < -0.39 is 0 Å². The third kappa shape index (κ3) is 3.36. The van der Waals surface area contributed by atoms with Crippen LogP contribution in [0.25, 0.3) is 0 Å². The molecule has 0 aliphatic carbocycles. The summed E-state index contributed by atoms with van der Waals surface area (Å²) in [6.45, 7) is 4.17. The van der Waals surface area contributed by atoms with Crippen molar-refractivity contribution in [2.45, 2.75) is 32.3 Å². The van der Waals surface area contributed by atoms with Gasteiger partial charge in [0.1, 0.15) is 24.0 Å². The summed E-state index contributed by atoms with van der Waals surface area (Å²) < 4.78 is 7.55. The second-order valence-electron chi connectivity index (χ2n) is 6.03. The van der Waals surface area contributed by atoms with Gasteiger partial charge in [0.25, 0.3) is 0 Å². The molecule has 0 unspecified atom stereocenters. The van der Waals surface area contributed by atoms with Crippen molar-refractivity contribution in [1.29, 1.82) is 0 Å². The second-order valence-corrected chi connectivity index (χ2v) is 6.44. The lowest BCUT2D eigenvalue weighted by Crippen LogP contribution is -2.32. The van der Waals surface area contributed by atoms with Crippen molar-refractivity contribution in [2.24, 2.45) is 5.16 Å². The van der Waals surface area contributed by atoms with Crippen LogP contribution in [0, 0.1) is 12.3 Å². The molecular weight excluding hydrogens is 328 g/mol. The minimum absolute atomic E-state index is 0.0459. The Hall–Kier alpha value is -2.52. The van der Waals surface area contributed by atoms with E-state index in [0.29, 0.717) is 16.4 Å². The van der Waals surface area contributed by atoms with Crippen molar-refractivity contribution in [1.82, 2.24) is 14.8 Å². The van der Waals surface area contributed by atoms with E-state index in [-0.39, 0.29) is 12.2 Å². The molecular formula is C17H17ClN4O2. The van der Waals surface area contributed by atoms with Gasteiger partial charge in [-0.1, -0.05) is 22.7 Å². The summed E-state index contributed by atoms with van der Waals surface area (Å²) in [6.07, 6.45) is 9.96. The van der Waals surface area contributed by atoms with Gasteiger partial charge in [-0.2, -0.15) is 9.78 Å². The van der Waals surface area contributed by atoms with Crippen molar-refractivity contribution in [3.05, 3.63) is 40.9 Å².